The molecule has 0 spiro atoms. The number of benzene rings is 2. The minimum absolute atomic E-state index is 0.0766. The zero-order valence-corrected chi connectivity index (χ0v) is 26.1. The lowest BCUT2D eigenvalue weighted by atomic mass is 9.98. The largest absolute Gasteiger partial charge is 0.448 e. The van der Waals surface area contributed by atoms with Crippen molar-refractivity contribution in [1.82, 2.24) is 10.3 Å². The molecule has 4 N–H and O–H groups in total. The molecule has 1 aliphatic heterocycles. The van der Waals surface area contributed by atoms with Crippen LogP contribution in [0.2, 0.25) is 0 Å². The number of hydrogen-bond acceptors (Lipinski definition) is 8. The van der Waals surface area contributed by atoms with Crippen LogP contribution >= 0.6 is 0 Å². The Balaban J connectivity index is 0.000000767. The summed E-state index contributed by atoms with van der Waals surface area (Å²) in [4.78, 5) is 44.3. The molecule has 1 heterocycles. The lowest BCUT2D eigenvalue weighted by Gasteiger charge is -2.26. The Morgan fingerprint density at radius 2 is 1.41 bits per heavy atom. The van der Waals surface area contributed by atoms with E-state index < -0.39 is 24.2 Å². The van der Waals surface area contributed by atoms with Gasteiger partial charge in [-0.1, -0.05) is 62.4 Å². The van der Waals surface area contributed by atoms with Gasteiger partial charge in [0.15, 0.2) is 0 Å². The maximum absolute atomic E-state index is 12.3. The molecule has 0 radical (unpaired) electrons. The first-order valence-corrected chi connectivity index (χ1v) is 14.1. The number of nitrogens with one attached hydrogen (secondary N) is 1. The van der Waals surface area contributed by atoms with Crippen molar-refractivity contribution in [3.63, 3.8) is 0 Å². The van der Waals surface area contributed by atoms with Crippen molar-refractivity contribution in [1.29, 1.82) is 0 Å². The van der Waals surface area contributed by atoms with Crippen LogP contribution in [0.5, 0.6) is 0 Å². The first-order valence-electron chi connectivity index (χ1n) is 14.1. The second kappa shape index (κ2) is 20.1. The quantitative estimate of drug-likeness (QED) is 0.165. The minimum atomic E-state index is -4.64. The van der Waals surface area contributed by atoms with Gasteiger partial charge in [-0.05, 0) is 49.9 Å². The van der Waals surface area contributed by atoms with Gasteiger partial charge in [0.05, 0.1) is 0 Å². The van der Waals surface area contributed by atoms with Gasteiger partial charge in [-0.3, -0.25) is 15.0 Å². The summed E-state index contributed by atoms with van der Waals surface area (Å²) in [6, 6.07) is 16.6. The molecule has 44 heavy (non-hydrogen) atoms. The molecule has 1 saturated heterocycles. The fourth-order valence-electron chi connectivity index (χ4n) is 3.93. The number of nitrogens with two attached hydrogens (primary N) is 1. The number of hydrogen-bond donors (Lipinski definition) is 3. The van der Waals surface area contributed by atoms with E-state index in [4.69, 9.17) is 25.2 Å². The SMILES string of the molecule is CC.CC(C)(C)OC(=O)NN.CCO.O=C1CCN(C(=O)OCC2c3ccccc3-c3ccccc32)CC1.O=CC(F)(F)F. The third kappa shape index (κ3) is 15.0. The number of hydrazine groups is 1. The van der Waals surface area contributed by atoms with Gasteiger partial charge in [0.2, 0.25) is 6.29 Å². The zero-order valence-electron chi connectivity index (χ0n) is 26.1. The van der Waals surface area contributed by atoms with Gasteiger partial charge in [-0.15, -0.1) is 0 Å². The molecule has 10 nitrogen and oxygen atoms in total. The summed E-state index contributed by atoms with van der Waals surface area (Å²) in [7, 11) is 0. The number of carbonyl (C=O) groups excluding carboxylic acids is 4. The number of piperidine rings is 1. The fourth-order valence-corrected chi connectivity index (χ4v) is 3.93. The number of ketones is 1. The third-order valence-electron chi connectivity index (χ3n) is 5.57. The summed E-state index contributed by atoms with van der Waals surface area (Å²) in [5, 5.41) is 7.57. The number of nitrogens with zero attached hydrogens (tertiary/aromatic N) is 1. The second-order valence-electron chi connectivity index (χ2n) is 9.95. The molecule has 0 aromatic heterocycles. The number of aliphatic hydroxyl groups excluding tert-OH is 1. The zero-order chi connectivity index (χ0) is 33.9. The average molecular weight is 628 g/mol. The van der Waals surface area contributed by atoms with Crippen LogP contribution in [0.3, 0.4) is 0 Å². The van der Waals surface area contributed by atoms with E-state index in [1.807, 2.05) is 43.5 Å². The molecule has 246 valence electrons. The molecule has 1 aliphatic carbocycles. The summed E-state index contributed by atoms with van der Waals surface area (Å²) in [5.41, 5.74) is 6.25. The molecule has 2 aliphatic rings. The number of halogens is 3. The number of Topliss-reactive ketones (excluding diaryl/α,β-unsaturated/α-hetero) is 1. The Kier molecular flexibility index (Phi) is 18.3. The Hall–Kier alpha value is -3.97. The number of likely N-dealkylation sites (tertiary alicyclic amines) is 1. The molecule has 0 saturated carbocycles. The molecule has 0 bridgehead atoms. The molecular weight excluding hydrogens is 583 g/mol. The van der Waals surface area contributed by atoms with Crippen LogP contribution < -0.4 is 11.3 Å². The van der Waals surface area contributed by atoms with Gasteiger partial charge < -0.3 is 19.5 Å². The normalized spacial score (nSPS) is 13.3. The van der Waals surface area contributed by atoms with Gasteiger partial charge in [0.1, 0.15) is 18.0 Å². The van der Waals surface area contributed by atoms with Crippen molar-refractivity contribution in [3.8, 4) is 11.1 Å². The highest BCUT2D eigenvalue weighted by Crippen LogP contribution is 2.44. The smallest absolute Gasteiger partial charge is 0.446 e. The van der Waals surface area contributed by atoms with E-state index in [1.54, 1.807) is 32.6 Å². The van der Waals surface area contributed by atoms with Crippen LogP contribution in [-0.2, 0) is 19.1 Å². The van der Waals surface area contributed by atoms with Crippen LogP contribution in [0.4, 0.5) is 22.8 Å². The van der Waals surface area contributed by atoms with Gasteiger partial charge in [-0.25, -0.2) is 15.4 Å². The van der Waals surface area contributed by atoms with Crippen molar-refractivity contribution in [2.45, 2.75) is 72.1 Å². The monoisotopic (exact) mass is 627 g/mol. The molecule has 13 heteroatoms. The van der Waals surface area contributed by atoms with Crippen molar-refractivity contribution in [2.75, 3.05) is 26.3 Å². The van der Waals surface area contributed by atoms with Crippen molar-refractivity contribution in [2.24, 2.45) is 5.84 Å². The lowest BCUT2D eigenvalue weighted by Crippen LogP contribution is -2.39. The van der Waals surface area contributed by atoms with Crippen LogP contribution in [0.15, 0.2) is 48.5 Å². The second-order valence-corrected chi connectivity index (χ2v) is 9.95. The standard InChI is InChI=1S/C20H19NO3.C5H12N2O2.C2HF3O.C2H6O.C2H6/c22-14-9-11-21(12-10-14)20(23)24-13-19-17-7-3-1-5-15(17)16-6-2-4-8-18(16)19;1-5(2,3)9-4(8)7-6;3-2(4,5)1-6;1-2-3;1-2/h1-8,19H,9-13H2;6H2,1-3H3,(H,7,8);1H;3H,2H2,1H3;1-2H3. The summed E-state index contributed by atoms with van der Waals surface area (Å²) >= 11 is 0. The first kappa shape index (κ1) is 40.0. The molecule has 2 amide bonds. The van der Waals surface area contributed by atoms with E-state index in [2.05, 4.69) is 24.3 Å². The van der Waals surface area contributed by atoms with Gasteiger partial charge in [0, 0.05) is 38.5 Å². The van der Waals surface area contributed by atoms with E-state index >= 15 is 0 Å². The maximum atomic E-state index is 12.3. The average Bonchev–Trinajstić information content (AvgIpc) is 3.31. The summed E-state index contributed by atoms with van der Waals surface area (Å²) < 4.78 is 41.6. The van der Waals surface area contributed by atoms with E-state index in [1.165, 1.54) is 22.3 Å². The van der Waals surface area contributed by atoms with Gasteiger partial charge in [0.25, 0.3) is 0 Å². The van der Waals surface area contributed by atoms with Crippen LogP contribution in [0.1, 0.15) is 71.4 Å². The number of rotatable bonds is 2. The molecule has 2 aromatic rings. The molecule has 2 aromatic carbocycles. The van der Waals surface area contributed by atoms with Crippen LogP contribution in [0.25, 0.3) is 11.1 Å². The van der Waals surface area contributed by atoms with E-state index in [0.29, 0.717) is 32.5 Å². The van der Waals surface area contributed by atoms with Gasteiger partial charge >= 0.3 is 18.4 Å². The Bertz CT molecular complexity index is 1130. The number of alkyl halides is 3. The summed E-state index contributed by atoms with van der Waals surface area (Å²) in [6.07, 6.45) is -5.76. The topological polar surface area (TPSA) is 148 Å². The Morgan fingerprint density at radius 1 is 1.00 bits per heavy atom. The highest BCUT2D eigenvalue weighted by molar-refractivity contribution is 5.82. The summed E-state index contributed by atoms with van der Waals surface area (Å²) in [5.74, 6) is 5.05. The van der Waals surface area contributed by atoms with E-state index in [9.17, 15) is 27.6 Å². The lowest BCUT2D eigenvalue weighted by molar-refractivity contribution is -0.156. The van der Waals surface area contributed by atoms with E-state index in [0.717, 1.165) is 0 Å². The van der Waals surface area contributed by atoms with Crippen LogP contribution in [-0.4, -0.2) is 72.3 Å². The summed E-state index contributed by atoms with van der Waals surface area (Å²) in [6.45, 7) is 12.5. The van der Waals surface area contributed by atoms with Gasteiger partial charge in [-0.2, -0.15) is 13.2 Å². The van der Waals surface area contributed by atoms with E-state index in [-0.39, 0.29) is 24.4 Å². The third-order valence-corrected chi connectivity index (χ3v) is 5.57. The number of fused-ring (bicyclic) bond motifs is 3. The maximum Gasteiger partial charge on any atom is 0.446 e. The molecule has 0 unspecified atom stereocenters. The molecule has 1 fully saturated rings. The number of aliphatic hydroxyl groups is 1. The van der Waals surface area contributed by atoms with Crippen molar-refractivity contribution >= 4 is 24.3 Å². The first-order chi connectivity index (χ1) is 20.7. The number of amides is 2. The van der Waals surface area contributed by atoms with Crippen molar-refractivity contribution in [3.05, 3.63) is 59.7 Å². The Labute approximate surface area is 256 Å². The number of ether oxygens (including phenoxy) is 2. The highest BCUT2D eigenvalue weighted by atomic mass is 19.4. The molecule has 0 atom stereocenters. The fraction of sp³-hybridized carbons (Fsp3) is 0.484. The van der Waals surface area contributed by atoms with Crippen LogP contribution in [0, 0.1) is 0 Å². The molecule has 4 rings (SSSR count). The highest BCUT2D eigenvalue weighted by Gasteiger charge is 2.30. The molecular formula is C31H44F3N3O7. The van der Waals surface area contributed by atoms with Crippen molar-refractivity contribution < 1.29 is 46.9 Å². The number of carbonyl (C=O) groups is 4. The Morgan fingerprint density at radius 3 is 1.75 bits per heavy atom. The minimum Gasteiger partial charge on any atom is -0.448 e. The predicted molar refractivity (Wildman–Crippen MR) is 161 cm³/mol. The predicted octanol–water partition coefficient (Wildman–Crippen LogP) is 5.76. The number of aldehydes is 1.